The zero-order chi connectivity index (χ0) is 20.3. The molecule has 1 aromatic heterocycles. The normalized spacial score (nSPS) is 12.1. The summed E-state index contributed by atoms with van der Waals surface area (Å²) in [5.41, 5.74) is 7.97. The highest BCUT2D eigenvalue weighted by atomic mass is 16.5. The van der Waals surface area contributed by atoms with Crippen LogP contribution in [0.4, 0.5) is 5.69 Å². The van der Waals surface area contributed by atoms with Gasteiger partial charge in [0.05, 0.1) is 23.7 Å². The van der Waals surface area contributed by atoms with Gasteiger partial charge in [-0.3, -0.25) is 9.59 Å². The molecule has 0 aliphatic heterocycles. The van der Waals surface area contributed by atoms with Crippen molar-refractivity contribution in [1.29, 1.82) is 0 Å². The van der Waals surface area contributed by atoms with Crippen molar-refractivity contribution in [3.05, 3.63) is 59.9 Å². The van der Waals surface area contributed by atoms with Crippen molar-refractivity contribution in [1.82, 2.24) is 9.55 Å². The lowest BCUT2D eigenvalue weighted by molar-refractivity contribution is -0.121. The van der Waals surface area contributed by atoms with E-state index in [0.29, 0.717) is 16.7 Å². The first kappa shape index (κ1) is 19.5. The summed E-state index contributed by atoms with van der Waals surface area (Å²) in [4.78, 5) is 29.7. The largest absolute Gasteiger partial charge is 0.387 e. The van der Waals surface area contributed by atoms with Crippen LogP contribution in [0.3, 0.4) is 0 Å². The molecule has 28 heavy (non-hydrogen) atoms. The Bertz CT molecular complexity index is 1000. The lowest BCUT2D eigenvalue weighted by atomic mass is 10.1. The molecule has 146 valence electrons. The molecule has 0 radical (unpaired) electrons. The average molecular weight is 382 g/mol. The Morgan fingerprint density at radius 1 is 1.25 bits per heavy atom. The molecule has 8 nitrogen and oxygen atoms in total. The number of primary amides is 1. The topological polar surface area (TPSA) is 111 Å². The molecule has 3 N–H and O–H groups in total. The highest BCUT2D eigenvalue weighted by Crippen LogP contribution is 2.25. The van der Waals surface area contributed by atoms with E-state index in [-0.39, 0.29) is 24.9 Å². The average Bonchev–Trinajstić information content (AvgIpc) is 3.06. The van der Waals surface area contributed by atoms with Gasteiger partial charge in [0.1, 0.15) is 6.61 Å². The number of ether oxygens (including phenoxy) is 1. The number of nitrogens with zero attached hydrogens (tertiary/aromatic N) is 3. The summed E-state index contributed by atoms with van der Waals surface area (Å²) < 4.78 is 6.47. The Kier molecular flexibility index (Phi) is 5.72. The summed E-state index contributed by atoms with van der Waals surface area (Å²) in [6, 6.07) is 14.3. The predicted octanol–water partition coefficient (Wildman–Crippen LogP) is 1.48. The van der Waals surface area contributed by atoms with Gasteiger partial charge in [-0.1, -0.05) is 30.3 Å². The van der Waals surface area contributed by atoms with Crippen LogP contribution < -0.4 is 10.6 Å². The third-order valence-corrected chi connectivity index (χ3v) is 4.52. The molecule has 0 fully saturated rings. The Hall–Kier alpha value is -3.23. The van der Waals surface area contributed by atoms with Crippen LogP contribution in [0.1, 0.15) is 22.3 Å². The second-order valence-electron chi connectivity index (χ2n) is 6.40. The zero-order valence-corrected chi connectivity index (χ0v) is 15.7. The molecule has 1 heterocycles. The van der Waals surface area contributed by atoms with E-state index in [0.717, 1.165) is 5.56 Å². The number of carbonyl (C=O) groups excluding carboxylic acids is 2. The molecule has 0 unspecified atom stereocenters. The van der Waals surface area contributed by atoms with Gasteiger partial charge in [0.25, 0.3) is 11.8 Å². The van der Waals surface area contributed by atoms with Gasteiger partial charge < -0.3 is 25.0 Å². The molecule has 2 amide bonds. The fourth-order valence-corrected chi connectivity index (χ4v) is 3.02. The highest BCUT2D eigenvalue weighted by Gasteiger charge is 2.20. The number of imidazole rings is 1. The number of rotatable bonds is 7. The van der Waals surface area contributed by atoms with Gasteiger partial charge in [-0.05, 0) is 23.8 Å². The maximum Gasteiger partial charge on any atom is 0.284 e. The summed E-state index contributed by atoms with van der Waals surface area (Å²) in [5.74, 6) is -0.856. The molecule has 0 saturated carbocycles. The van der Waals surface area contributed by atoms with E-state index in [1.807, 2.05) is 30.3 Å². The van der Waals surface area contributed by atoms with Crippen LogP contribution in [0.5, 0.6) is 0 Å². The first-order valence-electron chi connectivity index (χ1n) is 8.71. The molecule has 0 aliphatic carbocycles. The number of anilines is 1. The van der Waals surface area contributed by atoms with E-state index < -0.39 is 12.0 Å². The number of hydrogen-bond acceptors (Lipinski definition) is 5. The number of nitrogens with two attached hydrogens (primary N) is 1. The monoisotopic (exact) mass is 382 g/mol. The Balaban J connectivity index is 1.99. The number of fused-ring (bicyclic) bond motifs is 1. The summed E-state index contributed by atoms with van der Waals surface area (Å²) in [7, 11) is 3.08. The van der Waals surface area contributed by atoms with E-state index in [2.05, 4.69) is 4.98 Å². The van der Waals surface area contributed by atoms with E-state index in [9.17, 15) is 14.7 Å². The fourth-order valence-electron chi connectivity index (χ4n) is 3.02. The van der Waals surface area contributed by atoms with Crippen LogP contribution in [0.25, 0.3) is 11.0 Å². The quantitative estimate of drug-likeness (QED) is 0.643. The van der Waals surface area contributed by atoms with Gasteiger partial charge >= 0.3 is 0 Å². The third-order valence-electron chi connectivity index (χ3n) is 4.52. The predicted molar refractivity (Wildman–Crippen MR) is 105 cm³/mol. The first-order chi connectivity index (χ1) is 13.4. The van der Waals surface area contributed by atoms with Gasteiger partial charge in [-0.25, -0.2) is 4.98 Å². The van der Waals surface area contributed by atoms with Crippen LogP contribution in [-0.2, 0) is 16.1 Å². The highest BCUT2D eigenvalue weighted by molar-refractivity contribution is 5.97. The number of amides is 2. The standard InChI is InChI=1S/C20H22N4O4/c1-23(18(26)12-28-2)14-8-9-16-15(10-14)22-20(19(21)27)24(16)11-17(25)13-6-4-3-5-7-13/h3-10,17,25H,11-12H2,1-2H3,(H2,21,27)/t17-/m0/s1. The van der Waals surface area contributed by atoms with Crippen molar-refractivity contribution < 1.29 is 19.4 Å². The number of likely N-dealkylation sites (N-methyl/N-ethyl adjacent to an activating group) is 1. The van der Waals surface area contributed by atoms with Gasteiger partial charge in [0, 0.05) is 19.8 Å². The zero-order valence-electron chi connectivity index (χ0n) is 15.7. The molecule has 2 aromatic carbocycles. The van der Waals surface area contributed by atoms with Crippen LogP contribution in [0.15, 0.2) is 48.5 Å². The van der Waals surface area contributed by atoms with Crippen molar-refractivity contribution >= 4 is 28.5 Å². The molecule has 3 rings (SSSR count). The molecule has 3 aromatic rings. The Morgan fingerprint density at radius 2 is 1.96 bits per heavy atom. The van der Waals surface area contributed by atoms with Crippen LogP contribution >= 0.6 is 0 Å². The van der Waals surface area contributed by atoms with Crippen molar-refractivity contribution in [2.75, 3.05) is 25.7 Å². The second kappa shape index (κ2) is 8.20. The lowest BCUT2D eigenvalue weighted by Crippen LogP contribution is -2.29. The van der Waals surface area contributed by atoms with Crippen LogP contribution in [0.2, 0.25) is 0 Å². The number of aliphatic hydroxyl groups is 1. The summed E-state index contributed by atoms with van der Waals surface area (Å²) in [6.07, 6.45) is -0.831. The Labute approximate surface area is 162 Å². The molecular weight excluding hydrogens is 360 g/mol. The van der Waals surface area contributed by atoms with Crippen molar-refractivity contribution in [3.8, 4) is 0 Å². The minimum Gasteiger partial charge on any atom is -0.387 e. The van der Waals surface area contributed by atoms with Gasteiger partial charge in [-0.2, -0.15) is 0 Å². The number of benzene rings is 2. The molecule has 8 heteroatoms. The van der Waals surface area contributed by atoms with E-state index >= 15 is 0 Å². The number of aromatic nitrogens is 2. The molecule has 0 spiro atoms. The van der Waals surface area contributed by atoms with E-state index in [1.54, 1.807) is 29.8 Å². The first-order valence-corrected chi connectivity index (χ1v) is 8.71. The lowest BCUT2D eigenvalue weighted by Gasteiger charge is -2.17. The SMILES string of the molecule is COCC(=O)N(C)c1ccc2c(c1)nc(C(N)=O)n2C[C@H](O)c1ccccc1. The fraction of sp³-hybridized carbons (Fsp3) is 0.250. The molecule has 1 atom stereocenters. The Morgan fingerprint density at radius 3 is 2.61 bits per heavy atom. The number of hydrogen-bond donors (Lipinski definition) is 2. The minimum absolute atomic E-state index is 0.0429. The van der Waals surface area contributed by atoms with Gasteiger partial charge in [0.2, 0.25) is 0 Å². The van der Waals surface area contributed by atoms with Crippen molar-refractivity contribution in [2.45, 2.75) is 12.6 Å². The third kappa shape index (κ3) is 3.88. The van der Waals surface area contributed by atoms with E-state index in [4.69, 9.17) is 10.5 Å². The summed E-state index contributed by atoms with van der Waals surface area (Å²) >= 11 is 0. The van der Waals surface area contributed by atoms with Crippen molar-refractivity contribution in [3.63, 3.8) is 0 Å². The summed E-state index contributed by atoms with van der Waals surface area (Å²) in [6.45, 7) is 0.0787. The maximum absolute atomic E-state index is 12.0. The molecule has 0 aliphatic rings. The van der Waals surface area contributed by atoms with Crippen LogP contribution in [-0.4, -0.2) is 47.2 Å². The van der Waals surface area contributed by atoms with Gasteiger partial charge in [0.15, 0.2) is 5.82 Å². The number of aliphatic hydroxyl groups excluding tert-OH is 1. The van der Waals surface area contributed by atoms with Gasteiger partial charge in [-0.15, -0.1) is 0 Å². The van der Waals surface area contributed by atoms with E-state index in [1.165, 1.54) is 12.0 Å². The molecule has 0 saturated heterocycles. The second-order valence-corrected chi connectivity index (χ2v) is 6.40. The maximum atomic E-state index is 12.0. The summed E-state index contributed by atoms with van der Waals surface area (Å²) in [5, 5.41) is 10.6. The number of methoxy groups -OCH3 is 1. The molecular formula is C20H22N4O4. The van der Waals surface area contributed by atoms with Crippen LogP contribution in [0, 0.1) is 0 Å². The molecule has 0 bridgehead atoms. The smallest absolute Gasteiger partial charge is 0.284 e. The van der Waals surface area contributed by atoms with Crippen molar-refractivity contribution in [2.24, 2.45) is 5.73 Å². The number of carbonyl (C=O) groups is 2. The minimum atomic E-state index is -0.831.